The predicted molar refractivity (Wildman–Crippen MR) is 114 cm³/mol. The van der Waals surface area contributed by atoms with Crippen molar-refractivity contribution >= 4 is 28.4 Å². The van der Waals surface area contributed by atoms with Crippen LogP contribution in [0.15, 0.2) is 34.9 Å². The maximum atomic E-state index is 13.2. The van der Waals surface area contributed by atoms with Crippen molar-refractivity contribution in [2.24, 2.45) is 5.73 Å². The Kier molecular flexibility index (Phi) is 5.65. The van der Waals surface area contributed by atoms with E-state index in [1.807, 2.05) is 6.92 Å². The van der Waals surface area contributed by atoms with E-state index < -0.39 is 11.8 Å². The summed E-state index contributed by atoms with van der Waals surface area (Å²) < 4.78 is 11.9. The first-order valence-corrected chi connectivity index (χ1v) is 9.72. The summed E-state index contributed by atoms with van der Waals surface area (Å²) in [6.45, 7) is 4.09. The number of nitrogens with one attached hydrogen (secondary N) is 1. The Morgan fingerprint density at radius 1 is 1.22 bits per heavy atom. The fourth-order valence-electron chi connectivity index (χ4n) is 3.37. The van der Waals surface area contributed by atoms with E-state index in [9.17, 15) is 9.59 Å². The van der Waals surface area contributed by atoms with Crippen molar-refractivity contribution in [2.75, 3.05) is 12.4 Å². The molecule has 11 heteroatoms. The predicted octanol–water partition coefficient (Wildman–Crippen LogP) is 1.98. The van der Waals surface area contributed by atoms with E-state index in [2.05, 4.69) is 25.5 Å². The summed E-state index contributed by atoms with van der Waals surface area (Å²) in [7, 11) is 1.55. The van der Waals surface area contributed by atoms with Crippen LogP contribution in [0.4, 0.5) is 5.69 Å². The van der Waals surface area contributed by atoms with E-state index in [1.54, 1.807) is 43.0 Å². The lowest BCUT2D eigenvalue weighted by atomic mass is 10.1. The SMILES string of the molecule is COCc1noc(Cn2nc(C)c(NC(=O)c3cc(C(N)=O)nc4ccccc34)c2C)n1. The quantitative estimate of drug-likeness (QED) is 0.447. The number of fused-ring (bicyclic) bond motifs is 1. The van der Waals surface area contributed by atoms with Crippen LogP contribution < -0.4 is 11.1 Å². The molecule has 164 valence electrons. The van der Waals surface area contributed by atoms with Gasteiger partial charge in [-0.25, -0.2) is 4.98 Å². The van der Waals surface area contributed by atoms with Gasteiger partial charge < -0.3 is 20.3 Å². The van der Waals surface area contributed by atoms with Crippen LogP contribution in [0.2, 0.25) is 0 Å². The number of amides is 2. The average Bonchev–Trinajstić information content (AvgIpc) is 3.32. The Balaban J connectivity index is 1.63. The van der Waals surface area contributed by atoms with Gasteiger partial charge in [-0.15, -0.1) is 0 Å². The number of para-hydroxylation sites is 1. The number of benzene rings is 1. The van der Waals surface area contributed by atoms with Crippen LogP contribution in [0.3, 0.4) is 0 Å². The Hall–Kier alpha value is -4.12. The maximum Gasteiger partial charge on any atom is 0.267 e. The molecule has 0 radical (unpaired) electrons. The van der Waals surface area contributed by atoms with Gasteiger partial charge in [-0.3, -0.25) is 14.3 Å². The Labute approximate surface area is 182 Å². The summed E-state index contributed by atoms with van der Waals surface area (Å²) in [4.78, 5) is 33.3. The van der Waals surface area contributed by atoms with Gasteiger partial charge in [-0.05, 0) is 26.0 Å². The molecular formula is C21H21N7O4. The van der Waals surface area contributed by atoms with Gasteiger partial charge in [-0.2, -0.15) is 10.1 Å². The van der Waals surface area contributed by atoms with E-state index >= 15 is 0 Å². The molecule has 0 atom stereocenters. The third-order valence-electron chi connectivity index (χ3n) is 4.90. The maximum absolute atomic E-state index is 13.2. The monoisotopic (exact) mass is 435 g/mol. The summed E-state index contributed by atoms with van der Waals surface area (Å²) in [5, 5.41) is 11.8. The highest BCUT2D eigenvalue weighted by molar-refractivity contribution is 6.14. The third-order valence-corrected chi connectivity index (χ3v) is 4.90. The molecule has 4 rings (SSSR count). The second kappa shape index (κ2) is 8.55. The molecule has 32 heavy (non-hydrogen) atoms. The van der Waals surface area contributed by atoms with Crippen molar-refractivity contribution in [3.05, 3.63) is 64.7 Å². The number of carbonyl (C=O) groups is 2. The number of hydrogen-bond donors (Lipinski definition) is 2. The van der Waals surface area contributed by atoms with Crippen LogP contribution in [-0.4, -0.2) is 43.8 Å². The highest BCUT2D eigenvalue weighted by Crippen LogP contribution is 2.24. The smallest absolute Gasteiger partial charge is 0.267 e. The van der Waals surface area contributed by atoms with E-state index in [-0.39, 0.29) is 24.4 Å². The lowest BCUT2D eigenvalue weighted by molar-refractivity contribution is 0.0996. The van der Waals surface area contributed by atoms with Crippen LogP contribution in [0.25, 0.3) is 10.9 Å². The number of aryl methyl sites for hydroxylation is 1. The van der Waals surface area contributed by atoms with Gasteiger partial charge in [0.05, 0.1) is 28.2 Å². The van der Waals surface area contributed by atoms with E-state index in [1.165, 1.54) is 6.07 Å². The van der Waals surface area contributed by atoms with Crippen molar-refractivity contribution in [1.82, 2.24) is 24.9 Å². The normalized spacial score (nSPS) is 11.1. The van der Waals surface area contributed by atoms with Gasteiger partial charge in [0.1, 0.15) is 18.8 Å². The molecule has 0 saturated heterocycles. The molecule has 0 saturated carbocycles. The van der Waals surface area contributed by atoms with Crippen LogP contribution >= 0.6 is 0 Å². The lowest BCUT2D eigenvalue weighted by Gasteiger charge is -2.10. The van der Waals surface area contributed by atoms with Crippen LogP contribution in [0, 0.1) is 13.8 Å². The largest absolute Gasteiger partial charge is 0.377 e. The highest BCUT2D eigenvalue weighted by Gasteiger charge is 2.20. The zero-order valence-corrected chi connectivity index (χ0v) is 17.7. The molecule has 4 aromatic rings. The number of methoxy groups -OCH3 is 1. The van der Waals surface area contributed by atoms with E-state index in [0.717, 1.165) is 0 Å². The summed E-state index contributed by atoms with van der Waals surface area (Å²) in [6, 6.07) is 8.44. The minimum atomic E-state index is -0.711. The average molecular weight is 435 g/mol. The number of rotatable bonds is 7. The third kappa shape index (κ3) is 4.05. The van der Waals surface area contributed by atoms with Crippen LogP contribution in [-0.2, 0) is 17.9 Å². The Morgan fingerprint density at radius 2 is 2.00 bits per heavy atom. The summed E-state index contributed by atoms with van der Waals surface area (Å²) in [6.07, 6.45) is 0. The second-order valence-corrected chi connectivity index (χ2v) is 7.13. The number of pyridine rings is 1. The number of nitrogens with zero attached hydrogens (tertiary/aromatic N) is 5. The van der Waals surface area contributed by atoms with Gasteiger partial charge in [0.15, 0.2) is 5.82 Å². The molecule has 0 aliphatic rings. The van der Waals surface area contributed by atoms with Crippen LogP contribution in [0.5, 0.6) is 0 Å². The fourth-order valence-corrected chi connectivity index (χ4v) is 3.37. The van der Waals surface area contributed by atoms with Crippen molar-refractivity contribution in [1.29, 1.82) is 0 Å². The first-order chi connectivity index (χ1) is 15.4. The molecule has 0 unspecified atom stereocenters. The molecule has 0 bridgehead atoms. The molecule has 0 fully saturated rings. The van der Waals surface area contributed by atoms with Crippen molar-refractivity contribution in [3.8, 4) is 0 Å². The fraction of sp³-hybridized carbons (Fsp3) is 0.238. The molecule has 3 heterocycles. The van der Waals surface area contributed by atoms with Gasteiger partial charge in [0.25, 0.3) is 11.8 Å². The molecule has 3 aromatic heterocycles. The number of ether oxygens (including phenoxy) is 1. The number of primary amides is 1. The zero-order valence-electron chi connectivity index (χ0n) is 17.7. The van der Waals surface area contributed by atoms with Gasteiger partial charge in [0, 0.05) is 12.5 Å². The molecule has 0 aliphatic heterocycles. The topological polar surface area (TPSA) is 151 Å². The van der Waals surface area contributed by atoms with Gasteiger partial charge >= 0.3 is 0 Å². The Morgan fingerprint density at radius 3 is 2.75 bits per heavy atom. The Bertz CT molecular complexity index is 1330. The number of aromatic nitrogens is 5. The van der Waals surface area contributed by atoms with Crippen LogP contribution in [0.1, 0.15) is 43.9 Å². The van der Waals surface area contributed by atoms with Gasteiger partial charge in [0.2, 0.25) is 5.89 Å². The summed E-state index contributed by atoms with van der Waals surface area (Å²) in [5.74, 6) is -0.312. The molecule has 11 nitrogen and oxygen atoms in total. The summed E-state index contributed by atoms with van der Waals surface area (Å²) in [5.41, 5.74) is 8.07. The van der Waals surface area contributed by atoms with Crippen molar-refractivity contribution in [3.63, 3.8) is 0 Å². The van der Waals surface area contributed by atoms with Gasteiger partial charge in [-0.1, -0.05) is 23.4 Å². The summed E-state index contributed by atoms with van der Waals surface area (Å²) >= 11 is 0. The standard InChI is InChI=1S/C21H21N7O4/c1-11-19(12(2)28(26-11)9-18-24-17(10-31-3)27-32-18)25-21(30)14-8-16(20(22)29)23-15-7-5-4-6-13(14)15/h4-8H,9-10H2,1-3H3,(H2,22,29)(H,25,30). The van der Waals surface area contributed by atoms with Crippen molar-refractivity contribution in [2.45, 2.75) is 27.0 Å². The zero-order chi connectivity index (χ0) is 22.8. The first kappa shape index (κ1) is 21.1. The van der Waals surface area contributed by atoms with E-state index in [0.29, 0.717) is 39.7 Å². The molecule has 0 spiro atoms. The first-order valence-electron chi connectivity index (χ1n) is 9.72. The minimum Gasteiger partial charge on any atom is -0.377 e. The number of carbonyl (C=O) groups excluding carboxylic acids is 2. The molecular weight excluding hydrogens is 414 g/mol. The minimum absolute atomic E-state index is 0.0150. The molecule has 1 aromatic carbocycles. The number of nitrogens with two attached hydrogens (primary N) is 1. The molecule has 3 N–H and O–H groups in total. The number of hydrogen-bond acceptors (Lipinski definition) is 8. The second-order valence-electron chi connectivity index (χ2n) is 7.13. The van der Waals surface area contributed by atoms with Crippen molar-refractivity contribution < 1.29 is 18.8 Å². The lowest BCUT2D eigenvalue weighted by Crippen LogP contribution is -2.18. The van der Waals surface area contributed by atoms with E-state index in [4.69, 9.17) is 15.0 Å². The highest BCUT2D eigenvalue weighted by atomic mass is 16.5. The number of anilines is 1. The molecule has 2 amide bonds. The molecule has 0 aliphatic carbocycles.